The molecule has 0 aromatic carbocycles. The molecule has 1 aromatic rings. The van der Waals surface area contributed by atoms with Gasteiger partial charge in [0.15, 0.2) is 5.69 Å². The summed E-state index contributed by atoms with van der Waals surface area (Å²) in [7, 11) is 0. The van der Waals surface area contributed by atoms with Crippen LogP contribution in [0, 0.1) is 0 Å². The highest BCUT2D eigenvalue weighted by Crippen LogP contribution is 2.10. The van der Waals surface area contributed by atoms with E-state index in [1.54, 1.807) is 6.92 Å². The van der Waals surface area contributed by atoms with Crippen LogP contribution in [0.3, 0.4) is 0 Å². The van der Waals surface area contributed by atoms with E-state index in [0.29, 0.717) is 12.1 Å². The van der Waals surface area contributed by atoms with E-state index in [2.05, 4.69) is 10.3 Å². The molecule has 1 rings (SSSR count). The zero-order valence-corrected chi connectivity index (χ0v) is 10.7. The summed E-state index contributed by atoms with van der Waals surface area (Å²) in [6.45, 7) is 3.71. The SMILES string of the molecule is CCCc1c(C(=O)OCC)nnn1CC(O)CO. The molecular formula is C11H19N3O4. The Bertz CT molecular complexity index is 392. The Labute approximate surface area is 105 Å². The van der Waals surface area contributed by atoms with Crippen LogP contribution in [0.1, 0.15) is 36.5 Å². The van der Waals surface area contributed by atoms with E-state index in [1.807, 2.05) is 6.92 Å². The van der Waals surface area contributed by atoms with E-state index < -0.39 is 12.1 Å². The van der Waals surface area contributed by atoms with E-state index in [9.17, 15) is 9.90 Å². The maximum absolute atomic E-state index is 11.7. The van der Waals surface area contributed by atoms with Crippen LogP contribution in [0.2, 0.25) is 0 Å². The second kappa shape index (κ2) is 7.07. The first kappa shape index (κ1) is 14.6. The lowest BCUT2D eigenvalue weighted by Crippen LogP contribution is -2.22. The molecule has 0 bridgehead atoms. The fourth-order valence-corrected chi connectivity index (χ4v) is 1.58. The maximum Gasteiger partial charge on any atom is 0.360 e. The molecule has 0 fully saturated rings. The van der Waals surface area contributed by atoms with Crippen LogP contribution in [0.15, 0.2) is 0 Å². The summed E-state index contributed by atoms with van der Waals surface area (Å²) in [4.78, 5) is 11.7. The minimum absolute atomic E-state index is 0.109. The number of aliphatic hydroxyl groups is 2. The van der Waals surface area contributed by atoms with Crippen LogP contribution in [0.4, 0.5) is 0 Å². The van der Waals surface area contributed by atoms with Gasteiger partial charge in [0.05, 0.1) is 31.6 Å². The summed E-state index contributed by atoms with van der Waals surface area (Å²) in [5.74, 6) is -0.509. The van der Waals surface area contributed by atoms with Crippen molar-refractivity contribution >= 4 is 5.97 Å². The van der Waals surface area contributed by atoms with Crippen molar-refractivity contribution in [3.63, 3.8) is 0 Å². The van der Waals surface area contributed by atoms with Crippen LogP contribution in [-0.4, -0.2) is 50.5 Å². The standard InChI is InChI=1S/C11H19N3O4/c1-3-5-9-10(11(17)18-4-2)12-13-14(9)6-8(16)7-15/h8,15-16H,3-7H2,1-2H3. The molecule has 2 N–H and O–H groups in total. The smallest absolute Gasteiger partial charge is 0.360 e. The van der Waals surface area contributed by atoms with Gasteiger partial charge in [-0.1, -0.05) is 18.6 Å². The van der Waals surface area contributed by atoms with E-state index >= 15 is 0 Å². The van der Waals surface area contributed by atoms with Crippen LogP contribution in [0.25, 0.3) is 0 Å². The normalized spacial score (nSPS) is 12.4. The lowest BCUT2D eigenvalue weighted by molar-refractivity contribution is 0.0517. The number of rotatable bonds is 7. The summed E-state index contributed by atoms with van der Waals surface area (Å²) in [5.41, 5.74) is 0.812. The van der Waals surface area contributed by atoms with Gasteiger partial charge in [0.1, 0.15) is 0 Å². The molecule has 1 heterocycles. The van der Waals surface area contributed by atoms with Gasteiger partial charge in [0.2, 0.25) is 0 Å². The molecule has 0 aliphatic carbocycles. The molecule has 18 heavy (non-hydrogen) atoms. The number of hydrogen-bond acceptors (Lipinski definition) is 6. The third kappa shape index (κ3) is 3.51. The quantitative estimate of drug-likeness (QED) is 0.654. The van der Waals surface area contributed by atoms with Gasteiger partial charge in [-0.25, -0.2) is 9.48 Å². The lowest BCUT2D eigenvalue weighted by Gasteiger charge is -2.10. The molecule has 0 saturated heterocycles. The Morgan fingerprint density at radius 3 is 2.78 bits per heavy atom. The van der Waals surface area contributed by atoms with Crippen LogP contribution < -0.4 is 0 Å². The Morgan fingerprint density at radius 2 is 2.22 bits per heavy atom. The zero-order chi connectivity index (χ0) is 13.5. The number of aromatic nitrogens is 3. The number of carbonyl (C=O) groups is 1. The van der Waals surface area contributed by atoms with Gasteiger partial charge in [-0.2, -0.15) is 0 Å². The Kier molecular flexibility index (Phi) is 5.73. The summed E-state index contributed by atoms with van der Waals surface area (Å²) in [6, 6.07) is 0. The van der Waals surface area contributed by atoms with Crippen molar-refractivity contribution in [2.45, 2.75) is 39.3 Å². The minimum Gasteiger partial charge on any atom is -0.461 e. The number of aliphatic hydroxyl groups excluding tert-OH is 2. The highest BCUT2D eigenvalue weighted by molar-refractivity contribution is 5.88. The molecule has 0 amide bonds. The topological polar surface area (TPSA) is 97.5 Å². The van der Waals surface area contributed by atoms with Crippen molar-refractivity contribution in [1.82, 2.24) is 15.0 Å². The average Bonchev–Trinajstić information content (AvgIpc) is 2.73. The van der Waals surface area contributed by atoms with Gasteiger partial charge < -0.3 is 14.9 Å². The van der Waals surface area contributed by atoms with Gasteiger partial charge in [-0.05, 0) is 13.3 Å². The molecule has 1 atom stereocenters. The second-order valence-electron chi connectivity index (χ2n) is 3.87. The van der Waals surface area contributed by atoms with E-state index in [4.69, 9.17) is 9.84 Å². The van der Waals surface area contributed by atoms with E-state index in [0.717, 1.165) is 6.42 Å². The number of ether oxygens (including phenoxy) is 1. The van der Waals surface area contributed by atoms with Crippen molar-refractivity contribution in [2.24, 2.45) is 0 Å². The predicted molar refractivity (Wildman–Crippen MR) is 63.1 cm³/mol. The number of hydrogen-bond donors (Lipinski definition) is 2. The largest absolute Gasteiger partial charge is 0.461 e. The van der Waals surface area contributed by atoms with Gasteiger partial charge in [-0.15, -0.1) is 5.10 Å². The van der Waals surface area contributed by atoms with Crippen molar-refractivity contribution < 1.29 is 19.7 Å². The van der Waals surface area contributed by atoms with E-state index in [1.165, 1.54) is 4.68 Å². The fraction of sp³-hybridized carbons (Fsp3) is 0.727. The monoisotopic (exact) mass is 257 g/mol. The number of esters is 1. The number of nitrogens with zero attached hydrogens (tertiary/aromatic N) is 3. The Morgan fingerprint density at radius 1 is 1.50 bits per heavy atom. The molecule has 7 heteroatoms. The zero-order valence-electron chi connectivity index (χ0n) is 10.7. The number of carbonyl (C=O) groups excluding carboxylic acids is 1. The summed E-state index contributed by atoms with van der Waals surface area (Å²) >= 11 is 0. The van der Waals surface area contributed by atoms with Gasteiger partial charge >= 0.3 is 5.97 Å². The third-order valence-electron chi connectivity index (χ3n) is 2.39. The summed E-state index contributed by atoms with van der Waals surface area (Å²) < 4.78 is 6.33. The molecule has 1 aromatic heterocycles. The van der Waals surface area contributed by atoms with Gasteiger partial charge in [-0.3, -0.25) is 0 Å². The highest BCUT2D eigenvalue weighted by atomic mass is 16.5. The maximum atomic E-state index is 11.7. The van der Waals surface area contributed by atoms with Crippen LogP contribution in [0.5, 0.6) is 0 Å². The van der Waals surface area contributed by atoms with Crippen LogP contribution in [-0.2, 0) is 17.7 Å². The first-order valence-electron chi connectivity index (χ1n) is 6.02. The Hall–Kier alpha value is -1.47. The average molecular weight is 257 g/mol. The fourth-order valence-electron chi connectivity index (χ4n) is 1.58. The molecule has 0 spiro atoms. The molecule has 1 unspecified atom stereocenters. The predicted octanol–water partition coefficient (Wildman–Crippen LogP) is -0.239. The van der Waals surface area contributed by atoms with Gasteiger partial charge in [0, 0.05) is 0 Å². The van der Waals surface area contributed by atoms with Crippen molar-refractivity contribution in [3.05, 3.63) is 11.4 Å². The third-order valence-corrected chi connectivity index (χ3v) is 2.39. The molecule has 0 radical (unpaired) electrons. The first-order valence-corrected chi connectivity index (χ1v) is 6.02. The summed E-state index contributed by atoms with van der Waals surface area (Å²) in [6.07, 6.45) is 0.506. The van der Waals surface area contributed by atoms with Crippen molar-refractivity contribution in [2.75, 3.05) is 13.2 Å². The van der Waals surface area contributed by atoms with Crippen LogP contribution >= 0.6 is 0 Å². The summed E-state index contributed by atoms with van der Waals surface area (Å²) in [5, 5.41) is 25.8. The molecule has 0 aliphatic heterocycles. The van der Waals surface area contributed by atoms with Crippen molar-refractivity contribution in [1.29, 1.82) is 0 Å². The highest BCUT2D eigenvalue weighted by Gasteiger charge is 2.21. The van der Waals surface area contributed by atoms with E-state index in [-0.39, 0.29) is 25.5 Å². The molecular weight excluding hydrogens is 238 g/mol. The lowest BCUT2D eigenvalue weighted by atomic mass is 10.2. The Balaban J connectivity index is 2.94. The van der Waals surface area contributed by atoms with Gasteiger partial charge in [0.25, 0.3) is 0 Å². The first-order chi connectivity index (χ1) is 8.63. The molecule has 7 nitrogen and oxygen atoms in total. The molecule has 0 aliphatic rings. The minimum atomic E-state index is -0.919. The molecule has 102 valence electrons. The second-order valence-corrected chi connectivity index (χ2v) is 3.87. The van der Waals surface area contributed by atoms with Crippen molar-refractivity contribution in [3.8, 4) is 0 Å². The molecule has 0 saturated carbocycles.